The van der Waals surface area contributed by atoms with Crippen LogP contribution in [0.1, 0.15) is 184 Å². The summed E-state index contributed by atoms with van der Waals surface area (Å²) in [5.41, 5.74) is 10.1. The number of benzene rings is 6. The maximum Gasteiger partial charge on any atom is 0.326 e. The molecule has 0 bridgehead atoms. The molecule has 0 aliphatic carbocycles. The van der Waals surface area contributed by atoms with E-state index in [1.807, 2.05) is 6.07 Å². The Kier molecular flexibility index (Phi) is 15.7. The van der Waals surface area contributed by atoms with Crippen LogP contribution in [0.5, 0.6) is 23.0 Å². The predicted molar refractivity (Wildman–Crippen MR) is 304 cm³/mol. The molecule has 0 heterocycles. The van der Waals surface area contributed by atoms with Gasteiger partial charge >= 0.3 is 16.8 Å². The second kappa shape index (κ2) is 20.1. The number of para-hydroxylation sites is 1. The van der Waals surface area contributed by atoms with Crippen LogP contribution in [0.25, 0.3) is 11.1 Å². The fraction of sp³-hybridized carbons (Fsp3) is 0.438. The maximum absolute atomic E-state index is 7.18. The zero-order chi connectivity index (χ0) is 52.0. The third-order valence-corrected chi connectivity index (χ3v) is 15.8. The van der Waals surface area contributed by atoms with Crippen LogP contribution in [0.15, 0.2) is 127 Å². The van der Waals surface area contributed by atoms with Crippen molar-refractivity contribution in [2.45, 2.75) is 183 Å². The van der Waals surface area contributed by atoms with Gasteiger partial charge in [-0.1, -0.05) is 224 Å². The van der Waals surface area contributed by atoms with E-state index in [1.54, 1.807) is 0 Å². The summed E-state index contributed by atoms with van der Waals surface area (Å²) in [7, 11) is -3.20. The van der Waals surface area contributed by atoms with E-state index in [4.69, 9.17) is 18.1 Å². The summed E-state index contributed by atoms with van der Waals surface area (Å²) >= 11 is 0. The van der Waals surface area contributed by atoms with Crippen LogP contribution < -0.4 is 28.7 Å². The molecule has 6 aromatic carbocycles. The van der Waals surface area contributed by atoms with Crippen LogP contribution in [0.2, 0.25) is 0 Å². The minimum Gasteiger partial charge on any atom is -0.435 e. The molecule has 0 spiro atoms. The Morgan fingerprint density at radius 2 is 0.514 bits per heavy atom. The quantitative estimate of drug-likeness (QED) is 0.121. The Labute approximate surface area is 427 Å². The van der Waals surface area contributed by atoms with Crippen molar-refractivity contribution in [1.29, 1.82) is 0 Å². The van der Waals surface area contributed by atoms with Crippen molar-refractivity contribution in [3.63, 3.8) is 0 Å². The first-order valence-electron chi connectivity index (χ1n) is 25.2. The van der Waals surface area contributed by atoms with Crippen molar-refractivity contribution >= 4 is 27.4 Å². The highest BCUT2D eigenvalue weighted by atomic mass is 31.2. The smallest absolute Gasteiger partial charge is 0.326 e. The molecule has 4 nitrogen and oxygen atoms in total. The third kappa shape index (κ3) is 13.5. The fourth-order valence-electron chi connectivity index (χ4n) is 8.31. The zero-order valence-electron chi connectivity index (χ0n) is 46.7. The monoisotopic (exact) mass is 979 g/mol. The molecule has 0 aliphatic heterocycles. The first-order valence-corrected chi connectivity index (χ1v) is 27.5. The molecule has 70 heavy (non-hydrogen) atoms. The summed E-state index contributed by atoms with van der Waals surface area (Å²) in [4.78, 5) is 0. The summed E-state index contributed by atoms with van der Waals surface area (Å²) in [6, 6.07) is 45.8. The highest BCUT2D eigenvalue weighted by Crippen LogP contribution is 2.49. The number of hydrogen-bond acceptors (Lipinski definition) is 4. The largest absolute Gasteiger partial charge is 0.435 e. The lowest BCUT2D eigenvalue weighted by atomic mass is 9.80. The van der Waals surface area contributed by atoms with E-state index in [0.717, 1.165) is 55.9 Å². The molecule has 0 fully saturated rings. The van der Waals surface area contributed by atoms with Crippen LogP contribution in [0.3, 0.4) is 0 Å². The Morgan fingerprint density at radius 3 is 0.771 bits per heavy atom. The fourth-order valence-corrected chi connectivity index (χ4v) is 10.9. The third-order valence-electron chi connectivity index (χ3n) is 12.9. The molecule has 6 rings (SSSR count). The standard InChI is InChI=1S/C64H84O4P2/c1-58(2,3)45-30-37-55(51(40-45)62(13,14)15)66-69(65-54-25-23-22-24-50(54)61(10,11)12)48-33-26-43(27-34-48)44-28-35-49(36-29-44)70(67-56-38-31-46(59(4,5)6)41-52(56)63(16,17)18)68-57-39-32-47(60(7,8)9)42-53(57)64(19,20)21/h22-42H,1-21H3. The maximum atomic E-state index is 7.18. The summed E-state index contributed by atoms with van der Waals surface area (Å²) in [5, 5.41) is 1.98. The Morgan fingerprint density at radius 1 is 0.257 bits per heavy atom. The van der Waals surface area contributed by atoms with Crippen LogP contribution in [0, 0.1) is 0 Å². The van der Waals surface area contributed by atoms with E-state index in [2.05, 4.69) is 267 Å². The molecule has 0 aliphatic rings. The van der Waals surface area contributed by atoms with Crippen molar-refractivity contribution in [3.05, 3.63) is 166 Å². The van der Waals surface area contributed by atoms with Gasteiger partial charge in [0.05, 0.1) is 10.6 Å². The van der Waals surface area contributed by atoms with Crippen molar-refractivity contribution in [3.8, 4) is 34.1 Å². The summed E-state index contributed by atoms with van der Waals surface area (Å²) in [6.45, 7) is 47.3. The van der Waals surface area contributed by atoms with Gasteiger partial charge in [-0.05, 0) is 120 Å². The van der Waals surface area contributed by atoms with Crippen molar-refractivity contribution < 1.29 is 18.1 Å². The predicted octanol–water partition coefficient (Wildman–Crippen LogP) is 18.6. The molecule has 6 aromatic rings. The molecular weight excluding hydrogens is 895 g/mol. The van der Waals surface area contributed by atoms with Gasteiger partial charge in [0.25, 0.3) is 0 Å². The van der Waals surface area contributed by atoms with Gasteiger partial charge in [0, 0.05) is 16.7 Å². The molecule has 0 saturated heterocycles. The second-order valence-corrected chi connectivity index (χ2v) is 29.1. The van der Waals surface area contributed by atoms with Crippen LogP contribution in [0.4, 0.5) is 0 Å². The highest BCUT2D eigenvalue weighted by Gasteiger charge is 2.32. The van der Waals surface area contributed by atoms with E-state index in [0.29, 0.717) is 0 Å². The summed E-state index contributed by atoms with van der Waals surface area (Å²) < 4.78 is 28.5. The second-order valence-electron chi connectivity index (χ2n) is 26.4. The van der Waals surface area contributed by atoms with Crippen LogP contribution in [-0.4, -0.2) is 0 Å². The molecule has 0 N–H and O–H groups in total. The van der Waals surface area contributed by atoms with E-state index in [1.165, 1.54) is 27.8 Å². The lowest BCUT2D eigenvalue weighted by molar-refractivity contribution is 0.465. The molecule has 0 saturated carbocycles. The number of rotatable bonds is 11. The van der Waals surface area contributed by atoms with Gasteiger partial charge in [0.1, 0.15) is 23.0 Å². The lowest BCUT2D eigenvalue weighted by Gasteiger charge is -2.30. The zero-order valence-corrected chi connectivity index (χ0v) is 48.4. The van der Waals surface area contributed by atoms with Crippen molar-refractivity contribution in [2.75, 3.05) is 0 Å². The van der Waals surface area contributed by atoms with Gasteiger partial charge < -0.3 is 18.1 Å². The minimum atomic E-state index is -1.62. The van der Waals surface area contributed by atoms with E-state index in [9.17, 15) is 0 Å². The van der Waals surface area contributed by atoms with E-state index < -0.39 is 16.8 Å². The van der Waals surface area contributed by atoms with Gasteiger partial charge in [-0.2, -0.15) is 0 Å². The van der Waals surface area contributed by atoms with Crippen molar-refractivity contribution in [1.82, 2.24) is 0 Å². The molecule has 0 radical (unpaired) electrons. The molecule has 6 heteroatoms. The normalized spacial score (nSPS) is 13.6. The first-order chi connectivity index (χ1) is 32.1. The van der Waals surface area contributed by atoms with Gasteiger partial charge in [0.15, 0.2) is 0 Å². The van der Waals surface area contributed by atoms with E-state index in [-0.39, 0.29) is 37.9 Å². The topological polar surface area (TPSA) is 36.9 Å². The van der Waals surface area contributed by atoms with Gasteiger partial charge in [0.2, 0.25) is 0 Å². The minimum absolute atomic E-state index is 0.00196. The SMILES string of the molecule is CC(C)(C)c1ccc(OP(Oc2ccccc2C(C)(C)C)c2ccc(-c3ccc(P(Oc4ccc(C(C)(C)C)cc4C(C)(C)C)Oc4ccc(C(C)(C)C)cc4C(C)(C)C)cc3)cc2)c(C(C)(C)C)c1. The highest BCUT2D eigenvalue weighted by molar-refractivity contribution is 7.57. The molecular formula is C64H84O4P2. The Hall–Kier alpha value is -4.62. The molecule has 1 unspecified atom stereocenters. The lowest BCUT2D eigenvalue weighted by Crippen LogP contribution is -2.20. The summed E-state index contributed by atoms with van der Waals surface area (Å²) in [6.07, 6.45) is 0. The molecule has 374 valence electrons. The van der Waals surface area contributed by atoms with Gasteiger partial charge in [-0.3, -0.25) is 0 Å². The van der Waals surface area contributed by atoms with E-state index >= 15 is 0 Å². The van der Waals surface area contributed by atoms with Crippen LogP contribution >= 0.6 is 16.8 Å². The summed E-state index contributed by atoms with van der Waals surface area (Å²) in [5.74, 6) is 3.38. The molecule has 0 amide bonds. The van der Waals surface area contributed by atoms with Gasteiger partial charge in [-0.25, -0.2) is 0 Å². The number of hydrogen-bond donors (Lipinski definition) is 0. The Bertz CT molecular complexity index is 2660. The van der Waals surface area contributed by atoms with Gasteiger partial charge in [-0.15, -0.1) is 0 Å². The molecule has 0 aromatic heterocycles. The Balaban J connectivity index is 1.40. The molecule has 1 atom stereocenters. The van der Waals surface area contributed by atoms with Crippen molar-refractivity contribution in [2.24, 2.45) is 0 Å². The average molecular weight is 979 g/mol. The average Bonchev–Trinajstić information content (AvgIpc) is 3.24. The van der Waals surface area contributed by atoms with Crippen LogP contribution in [-0.2, 0) is 37.9 Å². The first kappa shape index (κ1) is 54.7.